The van der Waals surface area contributed by atoms with E-state index in [9.17, 15) is 5.11 Å². The maximum Gasteiger partial charge on any atom is 0.231 e. The molecular formula is C32H24N2O2. The molecule has 174 valence electrons. The number of phenolic OH excluding ortho intramolecular Hbond substituents is 1. The Morgan fingerprint density at radius 2 is 1.50 bits per heavy atom. The number of oxazole rings is 1. The second kappa shape index (κ2) is 9.16. The van der Waals surface area contributed by atoms with Crippen LogP contribution in [0.2, 0.25) is 0 Å². The van der Waals surface area contributed by atoms with Crippen molar-refractivity contribution in [2.24, 2.45) is 0 Å². The number of nitrogens with zero attached hydrogens (tertiary/aromatic N) is 2. The number of rotatable bonds is 5. The van der Waals surface area contributed by atoms with Crippen molar-refractivity contribution < 1.29 is 9.52 Å². The van der Waals surface area contributed by atoms with Crippen molar-refractivity contribution in [2.75, 3.05) is 0 Å². The van der Waals surface area contributed by atoms with Crippen molar-refractivity contribution in [3.05, 3.63) is 127 Å². The lowest BCUT2D eigenvalue weighted by molar-refractivity contribution is 0.473. The molecule has 0 saturated carbocycles. The molecular weight excluding hydrogens is 444 g/mol. The van der Waals surface area contributed by atoms with Gasteiger partial charge in [0.15, 0.2) is 5.58 Å². The van der Waals surface area contributed by atoms with Crippen LogP contribution in [0.25, 0.3) is 44.9 Å². The molecule has 0 radical (unpaired) electrons. The molecule has 1 atom stereocenters. The molecule has 0 aliphatic heterocycles. The number of aromatic hydroxyl groups is 1. The highest BCUT2D eigenvalue weighted by molar-refractivity contribution is 5.93. The van der Waals surface area contributed by atoms with Crippen molar-refractivity contribution in [3.63, 3.8) is 0 Å². The number of hydrogen-bond acceptors (Lipinski definition) is 4. The highest BCUT2D eigenvalue weighted by atomic mass is 16.3. The molecule has 0 amide bonds. The molecule has 0 fully saturated rings. The second-order valence-corrected chi connectivity index (χ2v) is 8.88. The first-order chi connectivity index (χ1) is 17.7. The number of aromatic nitrogens is 2. The lowest BCUT2D eigenvalue weighted by Gasteiger charge is -2.13. The Bertz CT molecular complexity index is 1660. The number of para-hydroxylation sites is 1. The van der Waals surface area contributed by atoms with Gasteiger partial charge in [0.1, 0.15) is 11.3 Å². The molecule has 1 unspecified atom stereocenters. The van der Waals surface area contributed by atoms with Crippen LogP contribution in [-0.2, 0) is 0 Å². The molecule has 0 aliphatic carbocycles. The van der Waals surface area contributed by atoms with E-state index in [0.29, 0.717) is 17.0 Å². The number of benzene rings is 4. The molecule has 1 N–H and O–H groups in total. The molecule has 2 aromatic heterocycles. The Balaban J connectivity index is 1.42. The van der Waals surface area contributed by atoms with Gasteiger partial charge in [0.2, 0.25) is 5.89 Å². The van der Waals surface area contributed by atoms with Crippen LogP contribution in [0.15, 0.2) is 120 Å². The summed E-state index contributed by atoms with van der Waals surface area (Å²) >= 11 is 0. The minimum absolute atomic E-state index is 0.143. The van der Waals surface area contributed by atoms with Crippen molar-refractivity contribution in [3.8, 4) is 39.6 Å². The smallest absolute Gasteiger partial charge is 0.231 e. The first-order valence-electron chi connectivity index (χ1n) is 12.0. The van der Waals surface area contributed by atoms with Crippen LogP contribution in [0.5, 0.6) is 5.75 Å². The summed E-state index contributed by atoms with van der Waals surface area (Å²) < 4.78 is 6.17. The van der Waals surface area contributed by atoms with Crippen LogP contribution < -0.4 is 0 Å². The summed E-state index contributed by atoms with van der Waals surface area (Å²) in [6.45, 7) is 2.16. The number of pyridine rings is 1. The average molecular weight is 469 g/mol. The molecule has 0 bridgehead atoms. The van der Waals surface area contributed by atoms with Crippen molar-refractivity contribution in [1.82, 2.24) is 9.97 Å². The van der Waals surface area contributed by atoms with Crippen LogP contribution in [0, 0.1) is 0 Å². The fourth-order valence-electron chi connectivity index (χ4n) is 4.60. The maximum atomic E-state index is 10.7. The van der Waals surface area contributed by atoms with Gasteiger partial charge in [-0.15, -0.1) is 0 Å². The van der Waals surface area contributed by atoms with Gasteiger partial charge in [0.05, 0.1) is 11.3 Å². The Morgan fingerprint density at radius 1 is 0.694 bits per heavy atom. The molecule has 2 heterocycles. The standard InChI is InChI=1S/C32H24N2O2/c1-21(22-9-3-2-4-10-22)23-16-17-29(35)27(20-23)32-34-31-26(13-8-15-30(31)36-32)24-11-7-12-25(19-24)28-14-5-6-18-33-28/h2-21,35H,1H3. The topological polar surface area (TPSA) is 59.2 Å². The van der Waals surface area contributed by atoms with Gasteiger partial charge in [0, 0.05) is 23.2 Å². The maximum absolute atomic E-state index is 10.7. The first-order valence-corrected chi connectivity index (χ1v) is 12.0. The fourth-order valence-corrected chi connectivity index (χ4v) is 4.60. The van der Waals surface area contributed by atoms with Crippen LogP contribution in [0.1, 0.15) is 24.0 Å². The van der Waals surface area contributed by atoms with E-state index in [-0.39, 0.29) is 11.7 Å². The average Bonchev–Trinajstić information content (AvgIpc) is 3.38. The normalized spacial score (nSPS) is 12.0. The van der Waals surface area contributed by atoms with Gasteiger partial charge in [-0.25, -0.2) is 4.98 Å². The van der Waals surface area contributed by atoms with Crippen LogP contribution >= 0.6 is 0 Å². The van der Waals surface area contributed by atoms with Gasteiger partial charge >= 0.3 is 0 Å². The summed E-state index contributed by atoms with van der Waals surface area (Å²) in [7, 11) is 0. The van der Waals surface area contributed by atoms with E-state index in [4.69, 9.17) is 9.40 Å². The molecule has 0 saturated heterocycles. The van der Waals surface area contributed by atoms with Crippen LogP contribution in [0.3, 0.4) is 0 Å². The van der Waals surface area contributed by atoms with Crippen LogP contribution in [-0.4, -0.2) is 15.1 Å². The Hall–Kier alpha value is -4.70. The summed E-state index contributed by atoms with van der Waals surface area (Å²) in [5, 5.41) is 10.7. The van der Waals surface area contributed by atoms with E-state index in [1.165, 1.54) is 5.56 Å². The predicted molar refractivity (Wildman–Crippen MR) is 144 cm³/mol. The molecule has 36 heavy (non-hydrogen) atoms. The summed E-state index contributed by atoms with van der Waals surface area (Å²) in [6.07, 6.45) is 1.80. The zero-order valence-corrected chi connectivity index (χ0v) is 19.8. The van der Waals surface area contributed by atoms with Gasteiger partial charge < -0.3 is 9.52 Å². The molecule has 0 spiro atoms. The lowest BCUT2D eigenvalue weighted by Crippen LogP contribution is -1.96. The monoisotopic (exact) mass is 468 g/mol. The Morgan fingerprint density at radius 3 is 2.33 bits per heavy atom. The van der Waals surface area contributed by atoms with Gasteiger partial charge in [-0.2, -0.15) is 0 Å². The van der Waals surface area contributed by atoms with Gasteiger partial charge in [0.25, 0.3) is 0 Å². The third-order valence-corrected chi connectivity index (χ3v) is 6.60. The van der Waals surface area contributed by atoms with Crippen molar-refractivity contribution in [1.29, 1.82) is 0 Å². The van der Waals surface area contributed by atoms with E-state index >= 15 is 0 Å². The van der Waals surface area contributed by atoms with Gasteiger partial charge in [-0.1, -0.05) is 79.7 Å². The molecule has 0 aliphatic rings. The quantitative estimate of drug-likeness (QED) is 0.278. The van der Waals surface area contributed by atoms with Gasteiger partial charge in [-0.05, 0) is 53.1 Å². The summed E-state index contributed by atoms with van der Waals surface area (Å²) in [5.74, 6) is 0.710. The molecule has 6 aromatic rings. The SMILES string of the molecule is CC(c1ccccc1)c1ccc(O)c(-c2nc3c(-c4cccc(-c5ccccn5)c4)cccc3o2)c1. The van der Waals surface area contributed by atoms with E-state index in [2.05, 4.69) is 42.2 Å². The number of fused-ring (bicyclic) bond motifs is 1. The minimum atomic E-state index is 0.143. The number of hydrogen-bond donors (Lipinski definition) is 1. The summed E-state index contributed by atoms with van der Waals surface area (Å²) in [4.78, 5) is 9.34. The van der Waals surface area contributed by atoms with E-state index in [1.54, 1.807) is 12.3 Å². The van der Waals surface area contributed by atoms with E-state index < -0.39 is 0 Å². The minimum Gasteiger partial charge on any atom is -0.507 e. The largest absolute Gasteiger partial charge is 0.507 e. The third kappa shape index (κ3) is 4.03. The summed E-state index contributed by atoms with van der Waals surface area (Å²) in [5.41, 5.74) is 8.25. The summed E-state index contributed by atoms with van der Waals surface area (Å²) in [6, 6.07) is 36.0. The third-order valence-electron chi connectivity index (χ3n) is 6.60. The zero-order chi connectivity index (χ0) is 24.5. The highest BCUT2D eigenvalue weighted by Gasteiger charge is 2.18. The number of phenols is 1. The van der Waals surface area contributed by atoms with E-state index in [1.807, 2.05) is 72.8 Å². The Kier molecular flexibility index (Phi) is 5.55. The fraction of sp³-hybridized carbons (Fsp3) is 0.0625. The van der Waals surface area contributed by atoms with Crippen molar-refractivity contribution >= 4 is 11.1 Å². The zero-order valence-electron chi connectivity index (χ0n) is 19.8. The highest BCUT2D eigenvalue weighted by Crippen LogP contribution is 2.38. The van der Waals surface area contributed by atoms with Crippen LogP contribution in [0.4, 0.5) is 0 Å². The molecule has 4 aromatic carbocycles. The predicted octanol–water partition coefficient (Wildman–Crippen LogP) is 8.08. The van der Waals surface area contributed by atoms with E-state index in [0.717, 1.165) is 33.5 Å². The Labute approximate surface area is 209 Å². The molecule has 4 heteroatoms. The van der Waals surface area contributed by atoms with Gasteiger partial charge in [-0.3, -0.25) is 4.98 Å². The second-order valence-electron chi connectivity index (χ2n) is 8.88. The molecule has 6 rings (SSSR count). The van der Waals surface area contributed by atoms with Crippen molar-refractivity contribution in [2.45, 2.75) is 12.8 Å². The first kappa shape index (κ1) is 21.8. The lowest BCUT2D eigenvalue weighted by atomic mass is 9.92. The molecule has 4 nitrogen and oxygen atoms in total.